The van der Waals surface area contributed by atoms with E-state index in [1.165, 1.54) is 0 Å². The van der Waals surface area contributed by atoms with Crippen LogP contribution in [0.25, 0.3) is 0 Å². The fourth-order valence-corrected chi connectivity index (χ4v) is 1.40. The van der Waals surface area contributed by atoms with Crippen molar-refractivity contribution in [2.24, 2.45) is 5.41 Å². The Morgan fingerprint density at radius 1 is 1.38 bits per heavy atom. The van der Waals surface area contributed by atoms with E-state index >= 15 is 0 Å². The smallest absolute Gasteiger partial charge is 0.135 e. The summed E-state index contributed by atoms with van der Waals surface area (Å²) >= 11 is 0. The fraction of sp³-hybridized carbons (Fsp3) is 0.538. The molecule has 2 N–H and O–H groups in total. The summed E-state index contributed by atoms with van der Waals surface area (Å²) in [4.78, 5) is 4.30. The Hall–Kier alpha value is -1.38. The standard InChI is InChI=1S/C13H21N3/c1-9(2)16-12-10(7-6-8-15-12)11(14)13(3,4)5/h6-9,14H,1-5H3,(H,15,16). The first-order valence-electron chi connectivity index (χ1n) is 5.63. The normalized spacial score (nSPS) is 11.6. The quantitative estimate of drug-likeness (QED) is 0.766. The van der Waals surface area contributed by atoms with Crippen molar-refractivity contribution in [3.8, 4) is 0 Å². The van der Waals surface area contributed by atoms with Crippen LogP contribution in [0.3, 0.4) is 0 Å². The third-order valence-electron chi connectivity index (χ3n) is 2.25. The molecule has 3 nitrogen and oxygen atoms in total. The van der Waals surface area contributed by atoms with E-state index < -0.39 is 0 Å². The van der Waals surface area contributed by atoms with Crippen molar-refractivity contribution >= 4 is 11.5 Å². The second-order valence-corrected chi connectivity index (χ2v) is 5.32. The van der Waals surface area contributed by atoms with Crippen LogP contribution in [0.15, 0.2) is 18.3 Å². The van der Waals surface area contributed by atoms with Crippen LogP contribution in [-0.2, 0) is 0 Å². The summed E-state index contributed by atoms with van der Waals surface area (Å²) in [5.74, 6) is 0.803. The molecule has 0 unspecified atom stereocenters. The van der Waals surface area contributed by atoms with E-state index in [4.69, 9.17) is 5.41 Å². The molecular formula is C13H21N3. The van der Waals surface area contributed by atoms with Crippen LogP contribution >= 0.6 is 0 Å². The van der Waals surface area contributed by atoms with Gasteiger partial charge in [0.2, 0.25) is 0 Å². The van der Waals surface area contributed by atoms with Crippen molar-refractivity contribution in [3.05, 3.63) is 23.9 Å². The molecule has 0 aliphatic rings. The number of nitrogens with one attached hydrogen (secondary N) is 2. The van der Waals surface area contributed by atoms with E-state index in [1.807, 2.05) is 32.9 Å². The predicted octanol–water partition coefficient (Wildman–Crippen LogP) is 3.32. The van der Waals surface area contributed by atoms with Crippen molar-refractivity contribution in [2.45, 2.75) is 40.7 Å². The van der Waals surface area contributed by atoms with Crippen LogP contribution in [0.2, 0.25) is 0 Å². The van der Waals surface area contributed by atoms with Gasteiger partial charge in [0.05, 0.1) is 0 Å². The molecule has 1 aromatic rings. The molecule has 0 aromatic carbocycles. The molecule has 0 fully saturated rings. The highest BCUT2D eigenvalue weighted by Gasteiger charge is 2.21. The van der Waals surface area contributed by atoms with Gasteiger partial charge in [-0.2, -0.15) is 0 Å². The lowest BCUT2D eigenvalue weighted by Crippen LogP contribution is -2.23. The molecule has 0 amide bonds. The van der Waals surface area contributed by atoms with Gasteiger partial charge in [0.1, 0.15) is 5.82 Å². The molecule has 0 radical (unpaired) electrons. The zero-order valence-corrected chi connectivity index (χ0v) is 10.8. The first-order valence-corrected chi connectivity index (χ1v) is 5.63. The van der Waals surface area contributed by atoms with Crippen molar-refractivity contribution < 1.29 is 0 Å². The maximum absolute atomic E-state index is 8.19. The first-order chi connectivity index (χ1) is 7.32. The third-order valence-corrected chi connectivity index (χ3v) is 2.25. The molecule has 0 aliphatic carbocycles. The molecule has 0 atom stereocenters. The summed E-state index contributed by atoms with van der Waals surface area (Å²) in [6, 6.07) is 4.15. The van der Waals surface area contributed by atoms with Crippen LogP contribution in [-0.4, -0.2) is 16.7 Å². The van der Waals surface area contributed by atoms with Crippen molar-refractivity contribution in [1.82, 2.24) is 4.98 Å². The number of pyridine rings is 1. The maximum atomic E-state index is 8.19. The molecule has 0 aliphatic heterocycles. The summed E-state index contributed by atoms with van der Waals surface area (Å²) < 4.78 is 0. The first kappa shape index (κ1) is 12.7. The molecule has 16 heavy (non-hydrogen) atoms. The van der Waals surface area contributed by atoms with Gasteiger partial charge in [-0.05, 0) is 26.0 Å². The Bertz CT molecular complexity index is 375. The molecular weight excluding hydrogens is 198 g/mol. The number of anilines is 1. The van der Waals surface area contributed by atoms with Crippen molar-refractivity contribution in [1.29, 1.82) is 5.41 Å². The lowest BCUT2D eigenvalue weighted by atomic mass is 9.86. The monoisotopic (exact) mass is 219 g/mol. The summed E-state index contributed by atoms with van der Waals surface area (Å²) in [5.41, 5.74) is 1.35. The van der Waals surface area contributed by atoms with E-state index in [0.717, 1.165) is 11.4 Å². The minimum absolute atomic E-state index is 0.156. The van der Waals surface area contributed by atoms with Gasteiger partial charge in [0.25, 0.3) is 0 Å². The Morgan fingerprint density at radius 3 is 2.50 bits per heavy atom. The summed E-state index contributed by atoms with van der Waals surface area (Å²) in [7, 11) is 0. The fourth-order valence-electron chi connectivity index (χ4n) is 1.40. The molecule has 3 heteroatoms. The zero-order chi connectivity index (χ0) is 12.3. The Morgan fingerprint density at radius 2 is 2.00 bits per heavy atom. The number of aromatic nitrogens is 1. The molecule has 88 valence electrons. The van der Waals surface area contributed by atoms with Crippen LogP contribution in [0.1, 0.15) is 40.2 Å². The van der Waals surface area contributed by atoms with Crippen molar-refractivity contribution in [2.75, 3.05) is 5.32 Å². The van der Waals surface area contributed by atoms with Crippen LogP contribution < -0.4 is 5.32 Å². The van der Waals surface area contributed by atoms with E-state index in [9.17, 15) is 0 Å². The summed E-state index contributed by atoms with van der Waals surface area (Å²) in [5, 5.41) is 11.5. The Kier molecular flexibility index (Phi) is 3.68. The maximum Gasteiger partial charge on any atom is 0.135 e. The predicted molar refractivity (Wildman–Crippen MR) is 69.3 cm³/mol. The van der Waals surface area contributed by atoms with Crippen LogP contribution in [0, 0.1) is 10.8 Å². The lowest BCUT2D eigenvalue weighted by molar-refractivity contribution is 0.588. The second-order valence-electron chi connectivity index (χ2n) is 5.32. The van der Waals surface area contributed by atoms with Crippen molar-refractivity contribution in [3.63, 3.8) is 0 Å². The molecule has 0 saturated heterocycles. The third kappa shape index (κ3) is 3.05. The van der Waals surface area contributed by atoms with Gasteiger partial charge in [0, 0.05) is 28.9 Å². The number of hydrogen-bond donors (Lipinski definition) is 2. The SMILES string of the molecule is CC(C)Nc1ncccc1C(=N)C(C)(C)C. The molecule has 0 bridgehead atoms. The summed E-state index contributed by atoms with van der Waals surface area (Å²) in [6.07, 6.45) is 1.75. The molecule has 1 aromatic heterocycles. The second kappa shape index (κ2) is 4.64. The number of rotatable bonds is 3. The van der Waals surface area contributed by atoms with Gasteiger partial charge in [-0.3, -0.25) is 0 Å². The van der Waals surface area contributed by atoms with Gasteiger partial charge in [-0.15, -0.1) is 0 Å². The zero-order valence-electron chi connectivity index (χ0n) is 10.8. The highest BCUT2D eigenvalue weighted by molar-refractivity contribution is 6.05. The number of nitrogens with zero attached hydrogens (tertiary/aromatic N) is 1. The highest BCUT2D eigenvalue weighted by atomic mass is 15.0. The number of hydrogen-bond acceptors (Lipinski definition) is 3. The van der Waals surface area contributed by atoms with Gasteiger partial charge < -0.3 is 10.7 Å². The van der Waals surface area contributed by atoms with E-state index in [1.54, 1.807) is 6.20 Å². The van der Waals surface area contributed by atoms with E-state index in [2.05, 4.69) is 24.1 Å². The van der Waals surface area contributed by atoms with Crippen LogP contribution in [0.5, 0.6) is 0 Å². The molecule has 1 rings (SSSR count). The van der Waals surface area contributed by atoms with Gasteiger partial charge >= 0.3 is 0 Å². The highest BCUT2D eigenvalue weighted by Crippen LogP contribution is 2.24. The average Bonchev–Trinajstić information content (AvgIpc) is 2.15. The minimum atomic E-state index is -0.156. The molecule has 1 heterocycles. The largest absolute Gasteiger partial charge is 0.367 e. The lowest BCUT2D eigenvalue weighted by Gasteiger charge is -2.22. The summed E-state index contributed by atoms with van der Waals surface area (Å²) in [6.45, 7) is 10.3. The van der Waals surface area contributed by atoms with Gasteiger partial charge in [-0.1, -0.05) is 20.8 Å². The Labute approximate surface area is 97.8 Å². The molecule has 0 spiro atoms. The Balaban J connectivity index is 3.09. The van der Waals surface area contributed by atoms with Gasteiger partial charge in [0.15, 0.2) is 0 Å². The van der Waals surface area contributed by atoms with Crippen LogP contribution in [0.4, 0.5) is 5.82 Å². The molecule has 0 saturated carbocycles. The average molecular weight is 219 g/mol. The van der Waals surface area contributed by atoms with Gasteiger partial charge in [-0.25, -0.2) is 4.98 Å². The minimum Gasteiger partial charge on any atom is -0.367 e. The van der Waals surface area contributed by atoms with E-state index in [-0.39, 0.29) is 5.41 Å². The topological polar surface area (TPSA) is 48.8 Å². The van der Waals surface area contributed by atoms with E-state index in [0.29, 0.717) is 11.8 Å².